The quantitative estimate of drug-likeness (QED) is 0.491. The molecule has 4 atom stereocenters. The summed E-state index contributed by atoms with van der Waals surface area (Å²) in [6.45, 7) is 23.8. The van der Waals surface area contributed by atoms with Crippen LogP contribution in [0.3, 0.4) is 0 Å². The molecule has 1 aromatic carbocycles. The summed E-state index contributed by atoms with van der Waals surface area (Å²) in [5.41, 5.74) is 2.11. The molecule has 6 heteroatoms. The van der Waals surface area contributed by atoms with Crippen molar-refractivity contribution >= 4 is 16.6 Å². The summed E-state index contributed by atoms with van der Waals surface area (Å²) >= 11 is 0. The summed E-state index contributed by atoms with van der Waals surface area (Å²) in [6.07, 6.45) is 1.14. The van der Waals surface area contributed by atoms with Gasteiger partial charge in [0.1, 0.15) is 11.9 Å². The van der Waals surface area contributed by atoms with Crippen molar-refractivity contribution in [1.29, 1.82) is 0 Å². The molecule has 176 valence electrons. The Morgan fingerprint density at radius 3 is 2.16 bits per heavy atom. The molecule has 1 saturated carbocycles. The Bertz CT molecular complexity index is 792. The lowest BCUT2D eigenvalue weighted by Gasteiger charge is -2.42. The van der Waals surface area contributed by atoms with Gasteiger partial charge in [0.05, 0.1) is 12.7 Å². The molecular formula is C25H44O4Si2. The van der Waals surface area contributed by atoms with Crippen LogP contribution in [0.15, 0.2) is 18.2 Å². The van der Waals surface area contributed by atoms with Gasteiger partial charge in [-0.2, -0.15) is 0 Å². The second-order valence-corrected chi connectivity index (χ2v) is 22.1. The lowest BCUT2D eigenvalue weighted by molar-refractivity contribution is 0.0936. The summed E-state index contributed by atoms with van der Waals surface area (Å²) in [6, 6.07) is 6.18. The second-order valence-electron chi connectivity index (χ2n) is 12.6. The van der Waals surface area contributed by atoms with Crippen LogP contribution in [-0.4, -0.2) is 40.6 Å². The van der Waals surface area contributed by atoms with Crippen molar-refractivity contribution in [3.8, 4) is 5.75 Å². The monoisotopic (exact) mass is 464 g/mol. The maximum Gasteiger partial charge on any atom is 0.192 e. The number of ether oxygens (including phenoxy) is 1. The van der Waals surface area contributed by atoms with Crippen LogP contribution in [0.5, 0.6) is 5.75 Å². The normalized spacial score (nSPS) is 26.5. The van der Waals surface area contributed by atoms with Gasteiger partial charge >= 0.3 is 0 Å². The molecule has 1 aliphatic carbocycles. The number of aliphatic hydroxyl groups excluding tert-OH is 1. The van der Waals surface area contributed by atoms with E-state index in [4.69, 9.17) is 13.6 Å². The van der Waals surface area contributed by atoms with Crippen molar-refractivity contribution in [3.63, 3.8) is 0 Å². The van der Waals surface area contributed by atoms with Gasteiger partial charge in [0, 0.05) is 36.0 Å². The van der Waals surface area contributed by atoms with Gasteiger partial charge in [-0.3, -0.25) is 0 Å². The Balaban J connectivity index is 1.92. The first-order chi connectivity index (χ1) is 14.1. The minimum atomic E-state index is -1.92. The Labute approximate surface area is 191 Å². The summed E-state index contributed by atoms with van der Waals surface area (Å²) in [5.74, 6) is 1.42. The van der Waals surface area contributed by atoms with Gasteiger partial charge in [0.25, 0.3) is 0 Å². The van der Waals surface area contributed by atoms with E-state index in [2.05, 4.69) is 73.8 Å². The van der Waals surface area contributed by atoms with Crippen molar-refractivity contribution in [2.24, 2.45) is 5.92 Å². The van der Waals surface area contributed by atoms with E-state index in [0.717, 1.165) is 17.7 Å². The van der Waals surface area contributed by atoms with E-state index in [0.29, 0.717) is 6.61 Å². The van der Waals surface area contributed by atoms with Crippen LogP contribution in [-0.2, 0) is 15.5 Å². The maximum atomic E-state index is 9.81. The van der Waals surface area contributed by atoms with Crippen LogP contribution in [0.1, 0.15) is 65.0 Å². The predicted octanol–water partition coefficient (Wildman–Crippen LogP) is 6.46. The number of para-hydroxylation sites is 1. The zero-order valence-electron chi connectivity index (χ0n) is 21.3. The molecule has 2 aliphatic rings. The Morgan fingerprint density at radius 2 is 1.61 bits per heavy atom. The van der Waals surface area contributed by atoms with Crippen LogP contribution in [0.4, 0.5) is 0 Å². The third kappa shape index (κ3) is 4.69. The molecule has 0 bridgehead atoms. The predicted molar refractivity (Wildman–Crippen MR) is 133 cm³/mol. The standard InChI is InChI=1S/C25H44O4Si2/c1-24(2,3)30(7,8)27-16-19-20(29-31(9,10)25(4,5)6)14-21-22(19)18-13-11-12-17(15-26)23(18)28-21/h11-13,19-22,26H,14-16H2,1-10H3/t19-,20?,21-,22?/m0/s1. The molecule has 1 aliphatic heterocycles. The van der Waals surface area contributed by atoms with E-state index in [-0.39, 0.29) is 40.7 Å². The number of hydrogen-bond donors (Lipinski definition) is 1. The van der Waals surface area contributed by atoms with Gasteiger partial charge in [-0.25, -0.2) is 0 Å². The molecule has 0 amide bonds. The minimum absolute atomic E-state index is 0.0116. The number of rotatable bonds is 6. The molecule has 1 fully saturated rings. The number of benzene rings is 1. The maximum absolute atomic E-state index is 9.81. The highest BCUT2D eigenvalue weighted by Gasteiger charge is 2.54. The van der Waals surface area contributed by atoms with Gasteiger partial charge in [-0.15, -0.1) is 0 Å². The van der Waals surface area contributed by atoms with Crippen LogP contribution < -0.4 is 4.74 Å². The molecule has 1 heterocycles. The summed E-state index contributed by atoms with van der Waals surface area (Å²) in [7, 11) is -3.80. The fourth-order valence-corrected chi connectivity index (χ4v) is 6.74. The fraction of sp³-hybridized carbons (Fsp3) is 0.760. The fourth-order valence-electron chi connectivity index (χ4n) is 4.32. The van der Waals surface area contributed by atoms with Crippen molar-refractivity contribution in [1.82, 2.24) is 0 Å². The van der Waals surface area contributed by atoms with Crippen molar-refractivity contribution in [3.05, 3.63) is 29.3 Å². The Morgan fingerprint density at radius 1 is 1.00 bits per heavy atom. The number of aliphatic hydroxyl groups is 1. The highest BCUT2D eigenvalue weighted by molar-refractivity contribution is 6.74. The van der Waals surface area contributed by atoms with Gasteiger partial charge in [-0.05, 0) is 36.3 Å². The highest BCUT2D eigenvalue weighted by Crippen LogP contribution is 2.54. The Hall–Kier alpha value is -0.666. The van der Waals surface area contributed by atoms with Crippen molar-refractivity contribution in [2.75, 3.05) is 6.61 Å². The van der Waals surface area contributed by atoms with E-state index < -0.39 is 16.6 Å². The summed E-state index contributed by atoms with van der Waals surface area (Å²) in [4.78, 5) is 0. The molecule has 0 saturated heterocycles. The zero-order valence-corrected chi connectivity index (χ0v) is 23.3. The molecule has 0 aromatic heterocycles. The second kappa shape index (κ2) is 8.28. The van der Waals surface area contributed by atoms with Gasteiger partial charge in [0.15, 0.2) is 16.6 Å². The molecule has 1 aromatic rings. The van der Waals surface area contributed by atoms with E-state index in [1.54, 1.807) is 0 Å². The molecule has 3 rings (SSSR count). The SMILES string of the molecule is CC(C)(C)[Si](C)(C)OC[C@H]1C(O[Si](C)(C)C(C)(C)C)C[C@@H]2Oc3c(CO)cccc3C12. The molecular weight excluding hydrogens is 420 g/mol. The van der Waals surface area contributed by atoms with Crippen molar-refractivity contribution in [2.45, 2.75) is 109 Å². The smallest absolute Gasteiger partial charge is 0.192 e. The van der Waals surface area contributed by atoms with Crippen LogP contribution in [0.2, 0.25) is 36.3 Å². The number of fused-ring (bicyclic) bond motifs is 3. The van der Waals surface area contributed by atoms with E-state index in [1.165, 1.54) is 5.56 Å². The third-order valence-corrected chi connectivity index (χ3v) is 17.4. The van der Waals surface area contributed by atoms with Crippen LogP contribution in [0.25, 0.3) is 0 Å². The molecule has 2 unspecified atom stereocenters. The third-order valence-electron chi connectivity index (χ3n) is 8.42. The van der Waals surface area contributed by atoms with E-state index in [1.807, 2.05) is 12.1 Å². The Kier molecular flexibility index (Phi) is 6.67. The van der Waals surface area contributed by atoms with Crippen molar-refractivity contribution < 1.29 is 18.7 Å². The lowest BCUT2D eigenvalue weighted by atomic mass is 9.88. The van der Waals surface area contributed by atoms with Gasteiger partial charge in [-0.1, -0.05) is 59.7 Å². The summed E-state index contributed by atoms with van der Waals surface area (Å²) in [5, 5.41) is 10.1. The lowest BCUT2D eigenvalue weighted by Crippen LogP contribution is -2.47. The molecule has 0 radical (unpaired) electrons. The van der Waals surface area contributed by atoms with E-state index in [9.17, 15) is 5.11 Å². The molecule has 31 heavy (non-hydrogen) atoms. The number of hydrogen-bond acceptors (Lipinski definition) is 4. The van der Waals surface area contributed by atoms with Gasteiger partial charge < -0.3 is 18.7 Å². The zero-order chi connectivity index (χ0) is 23.4. The van der Waals surface area contributed by atoms with Crippen LogP contribution >= 0.6 is 0 Å². The molecule has 0 spiro atoms. The minimum Gasteiger partial charge on any atom is -0.489 e. The molecule has 4 nitrogen and oxygen atoms in total. The average Bonchev–Trinajstić information content (AvgIpc) is 3.13. The molecule has 1 N–H and O–H groups in total. The first-order valence-electron chi connectivity index (χ1n) is 11.8. The highest BCUT2D eigenvalue weighted by atomic mass is 28.4. The first kappa shape index (κ1) is 25.0. The largest absolute Gasteiger partial charge is 0.489 e. The van der Waals surface area contributed by atoms with Gasteiger partial charge in [0.2, 0.25) is 0 Å². The van der Waals surface area contributed by atoms with E-state index >= 15 is 0 Å². The van der Waals surface area contributed by atoms with Crippen LogP contribution in [0, 0.1) is 5.92 Å². The summed E-state index contributed by atoms with van der Waals surface area (Å²) < 4.78 is 20.2. The topological polar surface area (TPSA) is 47.9 Å². The first-order valence-corrected chi connectivity index (χ1v) is 17.6. The average molecular weight is 465 g/mol.